The summed E-state index contributed by atoms with van der Waals surface area (Å²) in [5, 5.41) is 9.70. The molecular weight excluding hydrogens is 648 g/mol. The fourth-order valence-corrected chi connectivity index (χ4v) is 4.05. The van der Waals surface area contributed by atoms with Gasteiger partial charge < -0.3 is 29.0 Å². The molecule has 48 heavy (non-hydrogen) atoms. The number of carbonyl (C=O) groups is 5. The molecule has 0 aromatic heterocycles. The van der Waals surface area contributed by atoms with Gasteiger partial charge in [0.05, 0.1) is 0 Å². The summed E-state index contributed by atoms with van der Waals surface area (Å²) in [6, 6.07) is 2.47. The average molecular weight is 693 g/mol. The second kappa shape index (κ2) is 16.6. The van der Waals surface area contributed by atoms with Crippen LogP contribution in [0.1, 0.15) is 67.4 Å². The van der Waals surface area contributed by atoms with Crippen molar-refractivity contribution in [1.29, 1.82) is 0 Å². The minimum atomic E-state index is -4.94. The molecule has 1 aromatic rings. The first kappa shape index (κ1) is 41.7. The van der Waals surface area contributed by atoms with E-state index in [0.29, 0.717) is 0 Å². The van der Waals surface area contributed by atoms with Gasteiger partial charge in [-0.15, -0.1) is 13.2 Å². The van der Waals surface area contributed by atoms with Gasteiger partial charge in [-0.3, -0.25) is 9.69 Å². The molecule has 0 aliphatic carbocycles. The van der Waals surface area contributed by atoms with E-state index in [9.17, 15) is 46.6 Å². The SMILES string of the molecule is CC(C)/C=C(\C(=O)O[C@H](C)C(=O)N(C)[C@@H](CC(C)(C)F)C(=O)O[C@H](Cc1ccc(OC(F)(F)F)cc1)C(=O)O)N(C)C(=O)OC(C)(C)C. The van der Waals surface area contributed by atoms with Crippen LogP contribution in [0.2, 0.25) is 0 Å². The molecule has 0 saturated carbocycles. The molecule has 0 bridgehead atoms. The van der Waals surface area contributed by atoms with Gasteiger partial charge in [-0.2, -0.15) is 0 Å². The van der Waals surface area contributed by atoms with Crippen LogP contribution in [0.15, 0.2) is 36.0 Å². The maximum atomic E-state index is 14.8. The number of aliphatic carboxylic acids is 1. The number of esters is 2. The van der Waals surface area contributed by atoms with Crippen molar-refractivity contribution in [3.05, 3.63) is 41.6 Å². The molecule has 0 heterocycles. The Labute approximate surface area is 276 Å². The van der Waals surface area contributed by atoms with E-state index in [2.05, 4.69) is 4.74 Å². The number of benzene rings is 1. The van der Waals surface area contributed by atoms with Crippen molar-refractivity contribution in [3.63, 3.8) is 0 Å². The number of rotatable bonds is 14. The van der Waals surface area contributed by atoms with Gasteiger partial charge in [-0.1, -0.05) is 32.1 Å². The summed E-state index contributed by atoms with van der Waals surface area (Å²) < 4.78 is 71.8. The highest BCUT2D eigenvalue weighted by Crippen LogP contribution is 2.25. The van der Waals surface area contributed by atoms with E-state index in [1.54, 1.807) is 34.6 Å². The topological polar surface area (TPSA) is 149 Å². The Morgan fingerprint density at radius 3 is 1.88 bits per heavy atom. The van der Waals surface area contributed by atoms with E-state index in [1.807, 2.05) is 0 Å². The molecule has 0 unspecified atom stereocenters. The van der Waals surface area contributed by atoms with E-state index in [1.165, 1.54) is 20.0 Å². The number of alkyl halides is 4. The molecular formula is C32H44F4N2O10. The summed E-state index contributed by atoms with van der Waals surface area (Å²) in [4.78, 5) is 66.1. The van der Waals surface area contributed by atoms with E-state index < -0.39 is 84.4 Å². The minimum Gasteiger partial charge on any atom is -0.478 e. The molecule has 1 N–H and O–H groups in total. The quantitative estimate of drug-likeness (QED) is 0.116. The van der Waals surface area contributed by atoms with Crippen molar-refractivity contribution in [2.24, 2.45) is 5.92 Å². The van der Waals surface area contributed by atoms with Crippen molar-refractivity contribution in [1.82, 2.24) is 9.80 Å². The summed E-state index contributed by atoms with van der Waals surface area (Å²) in [5.41, 5.74) is -3.02. The normalized spacial score (nSPS) is 14.4. The molecule has 1 rings (SSSR count). The highest BCUT2D eigenvalue weighted by atomic mass is 19.4. The molecule has 0 aliphatic heterocycles. The van der Waals surface area contributed by atoms with Crippen LogP contribution in [0.25, 0.3) is 0 Å². The third-order valence-corrected chi connectivity index (χ3v) is 6.24. The Morgan fingerprint density at radius 2 is 1.44 bits per heavy atom. The summed E-state index contributed by atoms with van der Waals surface area (Å²) in [6.45, 7) is 11.8. The largest absolute Gasteiger partial charge is 0.573 e. The number of carboxylic acid groups (broad SMARTS) is 1. The molecule has 12 nitrogen and oxygen atoms in total. The molecule has 2 amide bonds. The number of carboxylic acids is 1. The van der Waals surface area contributed by atoms with Crippen molar-refractivity contribution in [3.8, 4) is 5.75 Å². The molecule has 0 fully saturated rings. The smallest absolute Gasteiger partial charge is 0.478 e. The van der Waals surface area contributed by atoms with Crippen LogP contribution < -0.4 is 4.74 Å². The lowest BCUT2D eigenvalue weighted by Crippen LogP contribution is -2.51. The zero-order chi connectivity index (χ0) is 37.4. The number of nitrogens with zero attached hydrogens (tertiary/aromatic N) is 2. The number of hydrogen-bond acceptors (Lipinski definition) is 9. The Balaban J connectivity index is 3.20. The number of halogens is 4. The molecule has 1 aromatic carbocycles. The molecule has 16 heteroatoms. The molecule has 0 saturated heterocycles. The summed E-state index contributed by atoms with van der Waals surface area (Å²) in [5.74, 6) is -5.78. The van der Waals surface area contributed by atoms with Gasteiger partial charge in [0.1, 0.15) is 28.8 Å². The maximum Gasteiger partial charge on any atom is 0.573 e. The van der Waals surface area contributed by atoms with Crippen LogP contribution in [0.5, 0.6) is 5.75 Å². The van der Waals surface area contributed by atoms with Crippen LogP contribution >= 0.6 is 0 Å². The van der Waals surface area contributed by atoms with Crippen LogP contribution in [0.3, 0.4) is 0 Å². The number of allylic oxidation sites excluding steroid dienone is 1. The van der Waals surface area contributed by atoms with Gasteiger partial charge in [-0.25, -0.2) is 23.6 Å². The van der Waals surface area contributed by atoms with Gasteiger partial charge in [0.25, 0.3) is 5.91 Å². The first-order chi connectivity index (χ1) is 21.7. The van der Waals surface area contributed by atoms with E-state index in [-0.39, 0.29) is 17.2 Å². The number of carbonyl (C=O) groups excluding carboxylic acids is 4. The van der Waals surface area contributed by atoms with E-state index in [4.69, 9.17) is 14.2 Å². The van der Waals surface area contributed by atoms with E-state index in [0.717, 1.165) is 55.0 Å². The van der Waals surface area contributed by atoms with Gasteiger partial charge in [0.15, 0.2) is 6.10 Å². The first-order valence-corrected chi connectivity index (χ1v) is 14.8. The number of ether oxygens (including phenoxy) is 4. The summed E-state index contributed by atoms with van der Waals surface area (Å²) in [7, 11) is 2.39. The Kier molecular flexibility index (Phi) is 14.4. The highest BCUT2D eigenvalue weighted by molar-refractivity contribution is 5.95. The fourth-order valence-electron chi connectivity index (χ4n) is 4.05. The third kappa shape index (κ3) is 14.6. The Bertz CT molecular complexity index is 1330. The predicted octanol–water partition coefficient (Wildman–Crippen LogP) is 5.43. The van der Waals surface area contributed by atoms with Crippen LogP contribution in [0.4, 0.5) is 22.4 Å². The minimum absolute atomic E-state index is 0.165. The van der Waals surface area contributed by atoms with Gasteiger partial charge >= 0.3 is 30.4 Å². The van der Waals surface area contributed by atoms with Gasteiger partial charge in [0.2, 0.25) is 6.10 Å². The second-order valence-electron chi connectivity index (χ2n) is 12.9. The fraction of sp³-hybridized carbons (Fsp3) is 0.594. The lowest BCUT2D eigenvalue weighted by atomic mass is 9.99. The third-order valence-electron chi connectivity index (χ3n) is 6.24. The molecule has 0 radical (unpaired) electrons. The summed E-state index contributed by atoms with van der Waals surface area (Å²) in [6.07, 6.45) is -8.97. The average Bonchev–Trinajstić information content (AvgIpc) is 2.91. The highest BCUT2D eigenvalue weighted by Gasteiger charge is 2.39. The van der Waals surface area contributed by atoms with Crippen molar-refractivity contribution in [2.75, 3.05) is 14.1 Å². The van der Waals surface area contributed by atoms with Gasteiger partial charge in [-0.05, 0) is 65.2 Å². The molecule has 0 aliphatic rings. The molecule has 270 valence electrons. The molecule has 3 atom stereocenters. The number of likely N-dealkylation sites (N-methyl/N-ethyl adjacent to an activating group) is 2. The van der Waals surface area contributed by atoms with Gasteiger partial charge in [0, 0.05) is 26.9 Å². The van der Waals surface area contributed by atoms with Crippen molar-refractivity contribution in [2.45, 2.75) is 104 Å². The lowest BCUT2D eigenvalue weighted by Gasteiger charge is -2.32. The Morgan fingerprint density at radius 1 is 0.896 bits per heavy atom. The predicted molar refractivity (Wildman–Crippen MR) is 163 cm³/mol. The zero-order valence-electron chi connectivity index (χ0n) is 28.6. The second-order valence-corrected chi connectivity index (χ2v) is 12.9. The summed E-state index contributed by atoms with van der Waals surface area (Å²) >= 11 is 0. The maximum absolute atomic E-state index is 14.8. The monoisotopic (exact) mass is 692 g/mol. The Hall–Kier alpha value is -4.37. The standard InChI is InChI=1S/C32H44F4N2O10/c1-18(2)15-22(38(10)29(44)48-30(4,5)6)27(42)45-19(3)25(39)37(9)23(17-31(7,8)33)28(43)46-24(26(40)41)16-20-11-13-21(14-12-20)47-32(34,35)36/h11-15,18-19,23-24H,16-17H2,1-10H3,(H,40,41)/b22-15+/t19-,23+,24-/m1/s1. The van der Waals surface area contributed by atoms with Crippen molar-refractivity contribution >= 4 is 29.9 Å². The van der Waals surface area contributed by atoms with Crippen LogP contribution in [-0.2, 0) is 39.8 Å². The van der Waals surface area contributed by atoms with Crippen LogP contribution in [-0.4, -0.2) is 94.8 Å². The zero-order valence-corrected chi connectivity index (χ0v) is 28.6. The lowest BCUT2D eigenvalue weighted by molar-refractivity contribution is -0.274. The number of amides is 2. The first-order valence-electron chi connectivity index (χ1n) is 14.8. The van der Waals surface area contributed by atoms with E-state index >= 15 is 0 Å². The molecule has 0 spiro atoms. The number of hydrogen-bond donors (Lipinski definition) is 1. The van der Waals surface area contributed by atoms with Crippen molar-refractivity contribution < 1.29 is 65.6 Å². The van der Waals surface area contributed by atoms with Crippen LogP contribution in [0, 0.1) is 5.92 Å².